The molecule has 0 aliphatic heterocycles. The van der Waals surface area contributed by atoms with Crippen LogP contribution in [0.4, 0.5) is 0 Å². The predicted molar refractivity (Wildman–Crippen MR) is 117 cm³/mol. The molecule has 0 radical (unpaired) electrons. The lowest BCUT2D eigenvalue weighted by molar-refractivity contribution is -0.117. The molecule has 1 unspecified atom stereocenters. The topological polar surface area (TPSA) is 56.8 Å². The van der Waals surface area contributed by atoms with Gasteiger partial charge in [0.2, 0.25) is 5.91 Å². The fourth-order valence-corrected chi connectivity index (χ4v) is 3.28. The van der Waals surface area contributed by atoms with Gasteiger partial charge in [-0.25, -0.2) is 0 Å². The number of hydrogen-bond acceptors (Lipinski definition) is 4. The number of hydrogen-bond donors (Lipinski definition) is 1. The van der Waals surface area contributed by atoms with Crippen LogP contribution in [0, 0.1) is 6.92 Å². The predicted octanol–water partition coefficient (Wildman–Crippen LogP) is 5.03. The summed E-state index contributed by atoms with van der Waals surface area (Å²) in [5.41, 5.74) is 4.16. The van der Waals surface area contributed by atoms with E-state index in [-0.39, 0.29) is 11.9 Å². The number of aryl methyl sites for hydroxylation is 1. The Labute approximate surface area is 173 Å². The third kappa shape index (κ3) is 5.53. The molecule has 0 saturated carbocycles. The van der Waals surface area contributed by atoms with E-state index in [4.69, 9.17) is 14.2 Å². The second-order valence-electron chi connectivity index (χ2n) is 7.28. The highest BCUT2D eigenvalue weighted by Crippen LogP contribution is 2.32. The maximum atomic E-state index is 12.5. The molecule has 0 bridgehead atoms. The van der Waals surface area contributed by atoms with Crippen LogP contribution in [-0.2, 0) is 4.79 Å². The summed E-state index contributed by atoms with van der Waals surface area (Å²) in [5.74, 6) is 2.33. The van der Waals surface area contributed by atoms with Crippen molar-refractivity contribution < 1.29 is 19.0 Å². The van der Waals surface area contributed by atoms with Crippen molar-refractivity contribution in [2.45, 2.75) is 39.7 Å². The zero-order chi connectivity index (χ0) is 21.6. The van der Waals surface area contributed by atoms with Gasteiger partial charge < -0.3 is 19.5 Å². The number of methoxy groups -OCH3 is 3. The molecule has 5 nitrogen and oxygen atoms in total. The van der Waals surface area contributed by atoms with Gasteiger partial charge in [-0.05, 0) is 72.4 Å². The van der Waals surface area contributed by atoms with E-state index < -0.39 is 0 Å². The SMILES string of the molecule is COc1ccc(/C=C/C(=O)NC(C)c2cc(C(C)C)c(OC)cc2C)cc1OC. The number of carbonyl (C=O) groups is 1. The Hall–Kier alpha value is -2.95. The molecule has 1 amide bonds. The first kappa shape index (κ1) is 22.3. The van der Waals surface area contributed by atoms with E-state index in [1.54, 1.807) is 27.4 Å². The van der Waals surface area contributed by atoms with Gasteiger partial charge in [0.05, 0.1) is 27.4 Å². The van der Waals surface area contributed by atoms with Crippen molar-refractivity contribution in [1.29, 1.82) is 0 Å². The number of amides is 1. The highest BCUT2D eigenvalue weighted by molar-refractivity contribution is 5.92. The molecule has 1 atom stereocenters. The van der Waals surface area contributed by atoms with Crippen LogP contribution < -0.4 is 19.5 Å². The molecule has 156 valence electrons. The minimum absolute atomic E-state index is 0.124. The van der Waals surface area contributed by atoms with E-state index in [0.29, 0.717) is 17.4 Å². The number of ether oxygens (including phenoxy) is 3. The number of nitrogens with one attached hydrogen (secondary N) is 1. The summed E-state index contributed by atoms with van der Waals surface area (Å²) in [4.78, 5) is 12.5. The minimum Gasteiger partial charge on any atom is -0.496 e. The summed E-state index contributed by atoms with van der Waals surface area (Å²) in [7, 11) is 4.86. The average molecular weight is 398 g/mol. The Morgan fingerprint density at radius 2 is 1.55 bits per heavy atom. The zero-order valence-electron chi connectivity index (χ0n) is 18.3. The highest BCUT2D eigenvalue weighted by Gasteiger charge is 2.16. The third-order valence-electron chi connectivity index (χ3n) is 4.90. The van der Waals surface area contributed by atoms with Gasteiger partial charge in [-0.3, -0.25) is 4.79 Å². The van der Waals surface area contributed by atoms with E-state index >= 15 is 0 Å². The molecule has 0 heterocycles. The maximum absolute atomic E-state index is 12.5. The second kappa shape index (κ2) is 10.0. The van der Waals surface area contributed by atoms with Crippen LogP contribution in [0.1, 0.15) is 55.0 Å². The quantitative estimate of drug-likeness (QED) is 0.635. The van der Waals surface area contributed by atoms with Crippen molar-refractivity contribution in [3.8, 4) is 17.2 Å². The van der Waals surface area contributed by atoms with Crippen LogP contribution >= 0.6 is 0 Å². The summed E-state index contributed by atoms with van der Waals surface area (Å²) in [6.45, 7) is 8.28. The van der Waals surface area contributed by atoms with E-state index in [9.17, 15) is 4.79 Å². The molecule has 1 N–H and O–H groups in total. The normalized spacial score (nSPS) is 12.1. The number of benzene rings is 2. The Morgan fingerprint density at radius 3 is 2.14 bits per heavy atom. The van der Waals surface area contributed by atoms with Crippen molar-refractivity contribution in [3.05, 3.63) is 58.7 Å². The smallest absolute Gasteiger partial charge is 0.244 e. The van der Waals surface area contributed by atoms with E-state index in [1.165, 1.54) is 6.08 Å². The first-order chi connectivity index (χ1) is 13.8. The summed E-state index contributed by atoms with van der Waals surface area (Å²) < 4.78 is 16.0. The van der Waals surface area contributed by atoms with Gasteiger partial charge in [0.25, 0.3) is 0 Å². The summed E-state index contributed by atoms with van der Waals surface area (Å²) >= 11 is 0. The molecule has 0 aromatic heterocycles. The molecular formula is C24H31NO4. The lowest BCUT2D eigenvalue weighted by atomic mass is 9.93. The van der Waals surface area contributed by atoms with Crippen molar-refractivity contribution in [3.63, 3.8) is 0 Å². The van der Waals surface area contributed by atoms with E-state index in [2.05, 4.69) is 25.2 Å². The summed E-state index contributed by atoms with van der Waals surface area (Å²) in [6.07, 6.45) is 3.28. The Bertz CT molecular complexity index is 887. The van der Waals surface area contributed by atoms with Gasteiger partial charge in [-0.2, -0.15) is 0 Å². The Morgan fingerprint density at radius 1 is 0.897 bits per heavy atom. The molecule has 2 rings (SSSR count). The van der Waals surface area contributed by atoms with E-state index in [0.717, 1.165) is 28.0 Å². The molecular weight excluding hydrogens is 366 g/mol. The Kier molecular flexibility index (Phi) is 7.71. The van der Waals surface area contributed by atoms with Gasteiger partial charge in [0.1, 0.15) is 5.75 Å². The Balaban J connectivity index is 2.15. The first-order valence-electron chi connectivity index (χ1n) is 9.69. The maximum Gasteiger partial charge on any atom is 0.244 e. The lowest BCUT2D eigenvalue weighted by Gasteiger charge is -2.20. The lowest BCUT2D eigenvalue weighted by Crippen LogP contribution is -2.25. The fourth-order valence-electron chi connectivity index (χ4n) is 3.28. The van der Waals surface area contributed by atoms with Gasteiger partial charge in [-0.15, -0.1) is 0 Å². The van der Waals surface area contributed by atoms with Crippen molar-refractivity contribution in [2.75, 3.05) is 21.3 Å². The second-order valence-corrected chi connectivity index (χ2v) is 7.28. The molecule has 0 aliphatic carbocycles. The van der Waals surface area contributed by atoms with Gasteiger partial charge in [0.15, 0.2) is 11.5 Å². The van der Waals surface area contributed by atoms with Gasteiger partial charge in [0, 0.05) is 6.08 Å². The van der Waals surface area contributed by atoms with Gasteiger partial charge in [-0.1, -0.05) is 19.9 Å². The molecule has 2 aromatic rings. The molecule has 29 heavy (non-hydrogen) atoms. The van der Waals surface area contributed by atoms with Crippen molar-refractivity contribution in [2.24, 2.45) is 0 Å². The van der Waals surface area contributed by atoms with E-state index in [1.807, 2.05) is 38.1 Å². The largest absolute Gasteiger partial charge is 0.496 e. The third-order valence-corrected chi connectivity index (χ3v) is 4.90. The van der Waals surface area contributed by atoms with Crippen molar-refractivity contribution in [1.82, 2.24) is 5.32 Å². The van der Waals surface area contributed by atoms with Crippen molar-refractivity contribution >= 4 is 12.0 Å². The average Bonchev–Trinajstić information content (AvgIpc) is 2.71. The minimum atomic E-state index is -0.159. The van der Waals surface area contributed by atoms with Crippen LogP contribution in [0.3, 0.4) is 0 Å². The molecule has 0 spiro atoms. The fraction of sp³-hybridized carbons (Fsp3) is 0.375. The first-order valence-corrected chi connectivity index (χ1v) is 9.69. The summed E-state index contributed by atoms with van der Waals surface area (Å²) in [5, 5.41) is 3.04. The van der Waals surface area contributed by atoms with Crippen LogP contribution in [0.25, 0.3) is 6.08 Å². The molecule has 2 aromatic carbocycles. The molecule has 0 saturated heterocycles. The zero-order valence-corrected chi connectivity index (χ0v) is 18.3. The number of rotatable bonds is 8. The monoisotopic (exact) mass is 397 g/mol. The summed E-state index contributed by atoms with van der Waals surface area (Å²) in [6, 6.07) is 9.55. The van der Waals surface area contributed by atoms with Crippen LogP contribution in [0.15, 0.2) is 36.4 Å². The molecule has 5 heteroatoms. The molecule has 0 fully saturated rings. The van der Waals surface area contributed by atoms with Crippen LogP contribution in [0.5, 0.6) is 17.2 Å². The standard InChI is InChI=1S/C24H31NO4/c1-15(2)19-14-20(16(3)12-22(19)28-6)17(4)25-24(26)11-9-18-8-10-21(27-5)23(13-18)29-7/h8-15,17H,1-7H3,(H,25,26)/b11-9+. The van der Waals surface area contributed by atoms with Crippen LogP contribution in [0.2, 0.25) is 0 Å². The van der Waals surface area contributed by atoms with Gasteiger partial charge >= 0.3 is 0 Å². The highest BCUT2D eigenvalue weighted by atomic mass is 16.5. The molecule has 0 aliphatic rings. The van der Waals surface area contributed by atoms with Crippen LogP contribution in [-0.4, -0.2) is 27.2 Å². The number of carbonyl (C=O) groups excluding carboxylic acids is 1.